The Labute approximate surface area is 62.7 Å². The lowest BCUT2D eigenvalue weighted by Crippen LogP contribution is -1.77. The molecular weight excluding hydrogens is 124 g/mol. The molecule has 0 aromatic rings. The summed E-state index contributed by atoms with van der Waals surface area (Å²) in [7, 11) is 1.60. The number of allylic oxidation sites excluding steroid dienone is 3. The van der Waals surface area contributed by atoms with E-state index in [1.54, 1.807) is 7.11 Å². The summed E-state index contributed by atoms with van der Waals surface area (Å²) in [5.74, 6) is 0.682. The van der Waals surface area contributed by atoms with Gasteiger partial charge in [-0.05, 0) is 19.4 Å². The molecule has 0 aliphatic heterocycles. The summed E-state index contributed by atoms with van der Waals surface area (Å²) in [5, 5.41) is 0. The van der Waals surface area contributed by atoms with Crippen LogP contribution in [0.25, 0.3) is 0 Å². The van der Waals surface area contributed by atoms with Gasteiger partial charge in [0.15, 0.2) is 0 Å². The Kier molecular flexibility index (Phi) is 4.38. The third-order valence-corrected chi connectivity index (χ3v) is 1.03. The normalized spacial score (nSPS) is 9.80. The van der Waals surface area contributed by atoms with E-state index in [1.165, 1.54) is 0 Å². The van der Waals surface area contributed by atoms with Crippen LogP contribution in [0.5, 0.6) is 0 Å². The van der Waals surface area contributed by atoms with Gasteiger partial charge in [0, 0.05) is 0 Å². The standard InChI is InChI=1S/C9H14O/c1-8(2)6-5-7-9(3)10-4/h5,7H,1,3,6H2,2,4H3/b7-5-. The van der Waals surface area contributed by atoms with Crippen molar-refractivity contribution in [3.05, 3.63) is 36.6 Å². The first kappa shape index (κ1) is 9.02. The van der Waals surface area contributed by atoms with Crippen molar-refractivity contribution in [1.82, 2.24) is 0 Å². The van der Waals surface area contributed by atoms with Gasteiger partial charge in [-0.2, -0.15) is 0 Å². The van der Waals surface area contributed by atoms with Crippen LogP contribution in [-0.2, 0) is 4.74 Å². The summed E-state index contributed by atoms with van der Waals surface area (Å²) >= 11 is 0. The van der Waals surface area contributed by atoms with Crippen LogP contribution in [-0.4, -0.2) is 7.11 Å². The molecule has 0 rings (SSSR count). The molecule has 0 aliphatic carbocycles. The lowest BCUT2D eigenvalue weighted by molar-refractivity contribution is 0.308. The quantitative estimate of drug-likeness (QED) is 0.329. The van der Waals surface area contributed by atoms with E-state index in [4.69, 9.17) is 4.74 Å². The average molecular weight is 138 g/mol. The summed E-state index contributed by atoms with van der Waals surface area (Å²) in [6, 6.07) is 0. The Balaban J connectivity index is 3.56. The van der Waals surface area contributed by atoms with Gasteiger partial charge >= 0.3 is 0 Å². The first-order chi connectivity index (χ1) is 4.66. The summed E-state index contributed by atoms with van der Waals surface area (Å²) < 4.78 is 4.82. The molecule has 0 N–H and O–H groups in total. The van der Waals surface area contributed by atoms with Crippen molar-refractivity contribution in [2.75, 3.05) is 7.11 Å². The molecule has 0 fully saturated rings. The number of hydrogen-bond acceptors (Lipinski definition) is 1. The zero-order valence-corrected chi connectivity index (χ0v) is 6.68. The lowest BCUT2D eigenvalue weighted by Gasteiger charge is -1.94. The summed E-state index contributed by atoms with van der Waals surface area (Å²) in [6.07, 6.45) is 4.71. The van der Waals surface area contributed by atoms with Crippen LogP contribution in [0.2, 0.25) is 0 Å². The smallest absolute Gasteiger partial charge is 0.111 e. The van der Waals surface area contributed by atoms with E-state index in [9.17, 15) is 0 Å². The van der Waals surface area contributed by atoms with Crippen molar-refractivity contribution in [1.29, 1.82) is 0 Å². The number of hydrogen-bond donors (Lipinski definition) is 0. The first-order valence-electron chi connectivity index (χ1n) is 3.20. The molecule has 0 heterocycles. The molecule has 0 saturated heterocycles. The van der Waals surface area contributed by atoms with Crippen LogP contribution in [0.1, 0.15) is 13.3 Å². The van der Waals surface area contributed by atoms with Crippen LogP contribution in [0, 0.1) is 0 Å². The molecule has 10 heavy (non-hydrogen) atoms. The fourth-order valence-corrected chi connectivity index (χ4v) is 0.460. The van der Waals surface area contributed by atoms with E-state index in [0.717, 1.165) is 12.0 Å². The van der Waals surface area contributed by atoms with Crippen molar-refractivity contribution in [2.24, 2.45) is 0 Å². The van der Waals surface area contributed by atoms with Crippen LogP contribution < -0.4 is 0 Å². The average Bonchev–Trinajstić information content (AvgIpc) is 1.87. The number of ether oxygens (including phenoxy) is 1. The Morgan fingerprint density at radius 3 is 2.50 bits per heavy atom. The fourth-order valence-electron chi connectivity index (χ4n) is 0.460. The van der Waals surface area contributed by atoms with Gasteiger partial charge in [-0.3, -0.25) is 0 Å². The Bertz CT molecular complexity index is 154. The molecule has 0 aliphatic rings. The highest BCUT2D eigenvalue weighted by atomic mass is 16.5. The topological polar surface area (TPSA) is 9.23 Å². The van der Waals surface area contributed by atoms with Crippen LogP contribution in [0.15, 0.2) is 36.6 Å². The van der Waals surface area contributed by atoms with Crippen molar-refractivity contribution in [3.8, 4) is 0 Å². The Morgan fingerprint density at radius 1 is 1.50 bits per heavy atom. The number of rotatable bonds is 4. The molecule has 0 atom stereocenters. The molecule has 0 aromatic carbocycles. The molecule has 56 valence electrons. The van der Waals surface area contributed by atoms with Gasteiger partial charge in [0.2, 0.25) is 0 Å². The van der Waals surface area contributed by atoms with Gasteiger partial charge < -0.3 is 4.74 Å². The maximum absolute atomic E-state index is 4.82. The monoisotopic (exact) mass is 138 g/mol. The molecule has 0 amide bonds. The van der Waals surface area contributed by atoms with Crippen molar-refractivity contribution >= 4 is 0 Å². The van der Waals surface area contributed by atoms with Gasteiger partial charge in [-0.25, -0.2) is 0 Å². The highest BCUT2D eigenvalue weighted by Crippen LogP contribution is 1.99. The maximum atomic E-state index is 4.82. The molecule has 0 unspecified atom stereocenters. The fraction of sp³-hybridized carbons (Fsp3) is 0.333. The molecule has 0 saturated carbocycles. The number of methoxy groups -OCH3 is 1. The lowest BCUT2D eigenvalue weighted by atomic mass is 10.2. The third-order valence-electron chi connectivity index (χ3n) is 1.03. The van der Waals surface area contributed by atoms with Crippen molar-refractivity contribution < 1.29 is 4.74 Å². The molecule has 1 heteroatoms. The van der Waals surface area contributed by atoms with Gasteiger partial charge in [-0.15, -0.1) is 0 Å². The largest absolute Gasteiger partial charge is 0.497 e. The highest BCUT2D eigenvalue weighted by molar-refractivity contribution is 5.10. The SMILES string of the molecule is C=C(C)C/C=C\C(=C)OC. The summed E-state index contributed by atoms with van der Waals surface area (Å²) in [4.78, 5) is 0. The highest BCUT2D eigenvalue weighted by Gasteiger charge is 1.81. The minimum absolute atomic E-state index is 0.682. The zero-order chi connectivity index (χ0) is 7.98. The van der Waals surface area contributed by atoms with E-state index < -0.39 is 0 Å². The molecule has 0 bridgehead atoms. The van der Waals surface area contributed by atoms with Gasteiger partial charge in [0.1, 0.15) is 5.76 Å². The van der Waals surface area contributed by atoms with E-state index >= 15 is 0 Å². The molecule has 0 radical (unpaired) electrons. The van der Waals surface area contributed by atoms with E-state index in [0.29, 0.717) is 5.76 Å². The van der Waals surface area contributed by atoms with Crippen LogP contribution in [0.3, 0.4) is 0 Å². The minimum atomic E-state index is 0.682. The summed E-state index contributed by atoms with van der Waals surface area (Å²) in [6.45, 7) is 9.37. The van der Waals surface area contributed by atoms with Crippen LogP contribution in [0.4, 0.5) is 0 Å². The van der Waals surface area contributed by atoms with Crippen molar-refractivity contribution in [3.63, 3.8) is 0 Å². The van der Waals surface area contributed by atoms with E-state index in [2.05, 4.69) is 13.2 Å². The molecule has 0 aromatic heterocycles. The summed E-state index contributed by atoms with van der Waals surface area (Å²) in [5.41, 5.74) is 1.14. The molecule has 0 spiro atoms. The zero-order valence-electron chi connectivity index (χ0n) is 6.68. The molecule has 1 nitrogen and oxygen atoms in total. The second-order valence-electron chi connectivity index (χ2n) is 2.23. The van der Waals surface area contributed by atoms with Crippen LogP contribution >= 0.6 is 0 Å². The second-order valence-corrected chi connectivity index (χ2v) is 2.23. The second kappa shape index (κ2) is 4.86. The van der Waals surface area contributed by atoms with E-state index in [1.807, 2.05) is 19.1 Å². The third kappa shape index (κ3) is 5.16. The Hall–Kier alpha value is -0.980. The predicted molar refractivity (Wildman–Crippen MR) is 44.7 cm³/mol. The van der Waals surface area contributed by atoms with Crippen molar-refractivity contribution in [2.45, 2.75) is 13.3 Å². The Morgan fingerprint density at radius 2 is 2.10 bits per heavy atom. The van der Waals surface area contributed by atoms with E-state index in [-0.39, 0.29) is 0 Å². The van der Waals surface area contributed by atoms with Gasteiger partial charge in [-0.1, -0.05) is 24.8 Å². The maximum Gasteiger partial charge on any atom is 0.111 e. The first-order valence-corrected chi connectivity index (χ1v) is 3.20. The molecular formula is C9H14O. The minimum Gasteiger partial charge on any atom is -0.497 e. The predicted octanol–water partition coefficient (Wildman–Crippen LogP) is 2.67. The van der Waals surface area contributed by atoms with Gasteiger partial charge in [0.05, 0.1) is 7.11 Å². The van der Waals surface area contributed by atoms with Gasteiger partial charge in [0.25, 0.3) is 0 Å².